The third-order valence-electron chi connectivity index (χ3n) is 5.13. The summed E-state index contributed by atoms with van der Waals surface area (Å²) in [6.45, 7) is 2.02. The van der Waals surface area contributed by atoms with Crippen LogP contribution in [0.25, 0.3) is 11.0 Å². The Hall–Kier alpha value is -2.27. The molecule has 0 radical (unpaired) electrons. The van der Waals surface area contributed by atoms with Crippen molar-refractivity contribution in [2.45, 2.75) is 38.6 Å². The van der Waals surface area contributed by atoms with E-state index in [-0.39, 0.29) is 5.69 Å². The van der Waals surface area contributed by atoms with Crippen molar-refractivity contribution in [3.63, 3.8) is 0 Å². The Balaban J connectivity index is 1.80. The number of anilines is 2. The molecule has 1 aliphatic rings. The van der Waals surface area contributed by atoms with Crippen molar-refractivity contribution in [3.8, 4) is 0 Å². The van der Waals surface area contributed by atoms with Crippen LogP contribution in [0.5, 0.6) is 0 Å². The van der Waals surface area contributed by atoms with E-state index < -0.39 is 0 Å². The summed E-state index contributed by atoms with van der Waals surface area (Å²) in [5.74, 6) is 0.718. The van der Waals surface area contributed by atoms with Gasteiger partial charge in [-0.15, -0.1) is 0 Å². The van der Waals surface area contributed by atoms with Crippen molar-refractivity contribution < 1.29 is 0 Å². The molecule has 6 heteroatoms. The summed E-state index contributed by atoms with van der Waals surface area (Å²) in [6.07, 6.45) is 6.27. The molecule has 0 unspecified atom stereocenters. The lowest BCUT2D eigenvalue weighted by Gasteiger charge is -2.13. The second-order valence-corrected chi connectivity index (χ2v) is 7.23. The summed E-state index contributed by atoms with van der Waals surface area (Å²) >= 11 is 6.10. The fraction of sp³-hybridized carbons (Fsp3) is 0.368. The molecule has 5 nitrogen and oxygen atoms in total. The first-order valence-electron chi connectivity index (χ1n) is 8.65. The van der Waals surface area contributed by atoms with E-state index in [9.17, 15) is 4.79 Å². The maximum Gasteiger partial charge on any atom is 0.329 e. The molecule has 0 saturated heterocycles. The fourth-order valence-electron chi connectivity index (χ4n) is 3.71. The number of halogens is 1. The number of imidazole rings is 1. The van der Waals surface area contributed by atoms with Gasteiger partial charge in [-0.25, -0.2) is 9.78 Å². The van der Waals surface area contributed by atoms with Crippen LogP contribution < -0.4 is 11.0 Å². The minimum atomic E-state index is 0.0415. The van der Waals surface area contributed by atoms with Crippen LogP contribution in [-0.2, 0) is 7.05 Å². The highest BCUT2D eigenvalue weighted by Crippen LogP contribution is 2.32. The second-order valence-electron chi connectivity index (χ2n) is 6.79. The monoisotopic (exact) mass is 356 g/mol. The van der Waals surface area contributed by atoms with E-state index in [4.69, 9.17) is 11.6 Å². The van der Waals surface area contributed by atoms with E-state index in [0.29, 0.717) is 11.1 Å². The van der Waals surface area contributed by atoms with E-state index in [1.54, 1.807) is 10.8 Å². The van der Waals surface area contributed by atoms with Gasteiger partial charge in [0.25, 0.3) is 0 Å². The number of benzene rings is 1. The molecule has 25 heavy (non-hydrogen) atoms. The van der Waals surface area contributed by atoms with E-state index in [1.807, 2.05) is 42.8 Å². The molecule has 4 rings (SSSR count). The summed E-state index contributed by atoms with van der Waals surface area (Å²) in [5.41, 5.74) is 3.86. The van der Waals surface area contributed by atoms with Crippen LogP contribution in [0.4, 0.5) is 11.5 Å². The van der Waals surface area contributed by atoms with Crippen LogP contribution in [0.15, 0.2) is 35.3 Å². The molecule has 130 valence electrons. The summed E-state index contributed by atoms with van der Waals surface area (Å²) in [5, 5.41) is 4.01. The number of nitrogens with zero attached hydrogens (tertiary/aromatic N) is 3. The van der Waals surface area contributed by atoms with E-state index in [1.165, 1.54) is 12.8 Å². The van der Waals surface area contributed by atoms with Crippen molar-refractivity contribution in [1.29, 1.82) is 0 Å². The van der Waals surface area contributed by atoms with Crippen molar-refractivity contribution in [2.24, 2.45) is 7.05 Å². The topological polar surface area (TPSA) is 51.9 Å². The first-order valence-corrected chi connectivity index (χ1v) is 9.02. The van der Waals surface area contributed by atoms with Gasteiger partial charge in [0, 0.05) is 29.9 Å². The van der Waals surface area contributed by atoms with E-state index >= 15 is 0 Å². The summed E-state index contributed by atoms with van der Waals surface area (Å²) in [7, 11) is 1.81. The maximum atomic E-state index is 12.7. The van der Waals surface area contributed by atoms with Crippen LogP contribution in [0, 0.1) is 6.92 Å². The quantitative estimate of drug-likeness (QED) is 0.748. The lowest BCUT2D eigenvalue weighted by atomic mass is 10.2. The van der Waals surface area contributed by atoms with Gasteiger partial charge in [-0.2, -0.15) is 0 Å². The SMILES string of the molecule is Cc1ccc(Cl)cc1Nc1cc2c(cn1)n(C)c(=O)n2C1CCCC1. The second kappa shape index (κ2) is 6.23. The normalized spacial score (nSPS) is 15.2. The molecule has 3 aromatic rings. The van der Waals surface area contributed by atoms with Crippen LogP contribution in [0.2, 0.25) is 5.02 Å². The average molecular weight is 357 g/mol. The number of hydrogen-bond donors (Lipinski definition) is 1. The van der Waals surface area contributed by atoms with Crippen LogP contribution in [-0.4, -0.2) is 14.1 Å². The molecule has 2 heterocycles. The zero-order valence-electron chi connectivity index (χ0n) is 14.4. The lowest BCUT2D eigenvalue weighted by Crippen LogP contribution is -2.24. The first-order chi connectivity index (χ1) is 12.0. The standard InChI is InChI=1S/C19H21ClN4O/c1-12-7-8-13(20)9-15(12)22-18-10-16-17(11-21-18)23(2)19(25)24(16)14-5-3-4-6-14/h7-11,14H,3-6H2,1-2H3,(H,21,22). The third-order valence-corrected chi connectivity index (χ3v) is 5.36. The molecular weight excluding hydrogens is 336 g/mol. The predicted molar refractivity (Wildman–Crippen MR) is 102 cm³/mol. The number of pyridine rings is 1. The average Bonchev–Trinajstić information content (AvgIpc) is 3.19. The molecule has 1 aliphatic carbocycles. The zero-order chi connectivity index (χ0) is 17.6. The van der Waals surface area contributed by atoms with Crippen LogP contribution in [0.1, 0.15) is 37.3 Å². The number of aryl methyl sites for hydroxylation is 2. The fourth-order valence-corrected chi connectivity index (χ4v) is 3.88. The van der Waals surface area contributed by atoms with Crippen molar-refractivity contribution in [3.05, 3.63) is 51.5 Å². The van der Waals surface area contributed by atoms with Gasteiger partial charge in [-0.05, 0) is 37.5 Å². The minimum Gasteiger partial charge on any atom is -0.340 e. The number of nitrogens with one attached hydrogen (secondary N) is 1. The van der Waals surface area contributed by atoms with Crippen molar-refractivity contribution >= 4 is 34.1 Å². The van der Waals surface area contributed by atoms with E-state index in [2.05, 4.69) is 10.3 Å². The summed E-state index contributed by atoms with van der Waals surface area (Å²) in [4.78, 5) is 17.2. The lowest BCUT2D eigenvalue weighted by molar-refractivity contribution is 0.509. The van der Waals surface area contributed by atoms with Gasteiger partial charge in [0.05, 0.1) is 17.2 Å². The largest absolute Gasteiger partial charge is 0.340 e. The van der Waals surface area contributed by atoms with Crippen molar-refractivity contribution in [2.75, 3.05) is 5.32 Å². The zero-order valence-corrected chi connectivity index (χ0v) is 15.2. The smallest absolute Gasteiger partial charge is 0.329 e. The van der Waals surface area contributed by atoms with E-state index in [0.717, 1.165) is 40.9 Å². The number of fused-ring (bicyclic) bond motifs is 1. The first kappa shape index (κ1) is 16.2. The number of aromatic nitrogens is 3. The van der Waals surface area contributed by atoms with Crippen molar-refractivity contribution in [1.82, 2.24) is 14.1 Å². The Labute approximate surface area is 151 Å². The van der Waals surface area contributed by atoms with Crippen LogP contribution >= 0.6 is 11.6 Å². The van der Waals surface area contributed by atoms with Gasteiger partial charge in [0.15, 0.2) is 0 Å². The third kappa shape index (κ3) is 2.82. The van der Waals surface area contributed by atoms with Gasteiger partial charge in [-0.3, -0.25) is 9.13 Å². The number of hydrogen-bond acceptors (Lipinski definition) is 3. The molecule has 1 N–H and O–H groups in total. The van der Waals surface area contributed by atoms with Gasteiger partial charge in [0.1, 0.15) is 5.82 Å². The molecule has 0 bridgehead atoms. The van der Waals surface area contributed by atoms with Gasteiger partial charge in [0.2, 0.25) is 0 Å². The predicted octanol–water partition coefficient (Wildman–Crippen LogP) is 4.56. The molecule has 0 atom stereocenters. The Morgan fingerprint density at radius 2 is 1.96 bits per heavy atom. The molecule has 0 amide bonds. The molecular formula is C19H21ClN4O. The molecule has 2 aromatic heterocycles. The number of rotatable bonds is 3. The maximum absolute atomic E-state index is 12.7. The highest BCUT2D eigenvalue weighted by atomic mass is 35.5. The molecule has 1 aromatic carbocycles. The highest BCUT2D eigenvalue weighted by molar-refractivity contribution is 6.30. The Bertz CT molecular complexity index is 999. The Kier molecular flexibility index (Phi) is 4.04. The molecule has 1 saturated carbocycles. The summed E-state index contributed by atoms with van der Waals surface area (Å²) in [6, 6.07) is 7.99. The minimum absolute atomic E-state index is 0.0415. The Morgan fingerprint density at radius 3 is 2.72 bits per heavy atom. The molecule has 0 aliphatic heterocycles. The van der Waals surface area contributed by atoms with Crippen LogP contribution in [0.3, 0.4) is 0 Å². The molecule has 0 spiro atoms. The Morgan fingerprint density at radius 1 is 1.20 bits per heavy atom. The van der Waals surface area contributed by atoms with Gasteiger partial charge < -0.3 is 5.32 Å². The van der Waals surface area contributed by atoms with Gasteiger partial charge in [-0.1, -0.05) is 30.5 Å². The van der Waals surface area contributed by atoms with Gasteiger partial charge >= 0.3 is 5.69 Å². The molecule has 1 fully saturated rings. The summed E-state index contributed by atoms with van der Waals surface area (Å²) < 4.78 is 3.63. The highest BCUT2D eigenvalue weighted by Gasteiger charge is 2.23.